The predicted molar refractivity (Wildman–Crippen MR) is 94.1 cm³/mol. The van der Waals surface area contributed by atoms with Crippen LogP contribution in [-0.2, 0) is 14.3 Å². The molecule has 132 valence electrons. The lowest BCUT2D eigenvalue weighted by molar-refractivity contribution is -0.0703. The van der Waals surface area contributed by atoms with Crippen molar-refractivity contribution in [2.45, 2.75) is 69.8 Å². The maximum Gasteiger partial charge on any atom is 0.297 e. The zero-order chi connectivity index (χ0) is 16.9. The van der Waals surface area contributed by atoms with E-state index in [1.165, 1.54) is 38.5 Å². The molecule has 24 heavy (non-hydrogen) atoms. The summed E-state index contributed by atoms with van der Waals surface area (Å²) < 4.78 is 30.6. The fraction of sp³-hybridized carbons (Fsp3) is 0.700. The van der Waals surface area contributed by atoms with Gasteiger partial charge in [-0.05, 0) is 94.1 Å². The smallest absolute Gasteiger partial charge is 0.263 e. The number of rotatable bonds is 5. The van der Waals surface area contributed by atoms with E-state index in [4.69, 9.17) is 4.18 Å². The molecule has 0 N–H and O–H groups in total. The van der Waals surface area contributed by atoms with Crippen LogP contribution in [-0.4, -0.2) is 14.5 Å². The van der Waals surface area contributed by atoms with Crippen molar-refractivity contribution in [2.24, 2.45) is 23.2 Å². The Morgan fingerprint density at radius 3 is 2.04 bits per heavy atom. The molecule has 1 atom stereocenters. The van der Waals surface area contributed by atoms with Crippen molar-refractivity contribution < 1.29 is 12.6 Å². The Bertz CT molecular complexity index is 670. The summed E-state index contributed by atoms with van der Waals surface area (Å²) in [6.45, 7) is 3.89. The lowest BCUT2D eigenvalue weighted by Gasteiger charge is -2.57. The zero-order valence-electron chi connectivity index (χ0n) is 14.7. The topological polar surface area (TPSA) is 43.4 Å². The molecule has 1 aromatic rings. The molecule has 3 nitrogen and oxygen atoms in total. The van der Waals surface area contributed by atoms with E-state index in [0.29, 0.717) is 5.41 Å². The van der Waals surface area contributed by atoms with Gasteiger partial charge >= 0.3 is 0 Å². The lowest BCUT2D eigenvalue weighted by atomic mass is 9.48. The maximum absolute atomic E-state index is 12.5. The second-order valence-electron chi connectivity index (χ2n) is 8.80. The Kier molecular flexibility index (Phi) is 4.04. The lowest BCUT2D eigenvalue weighted by Crippen LogP contribution is -2.47. The minimum atomic E-state index is -3.66. The third-order valence-corrected chi connectivity index (χ3v) is 7.92. The van der Waals surface area contributed by atoms with Gasteiger partial charge in [0.2, 0.25) is 0 Å². The summed E-state index contributed by atoms with van der Waals surface area (Å²) in [5, 5.41) is 0. The molecule has 0 amide bonds. The Balaban J connectivity index is 1.45. The average molecular weight is 349 g/mol. The van der Waals surface area contributed by atoms with E-state index in [-0.39, 0.29) is 11.0 Å². The van der Waals surface area contributed by atoms with Crippen LogP contribution in [0.3, 0.4) is 0 Å². The Morgan fingerprint density at radius 1 is 1.04 bits per heavy atom. The molecular formula is C20H28O3S. The first-order chi connectivity index (χ1) is 11.3. The van der Waals surface area contributed by atoms with Crippen LogP contribution in [0.5, 0.6) is 0 Å². The van der Waals surface area contributed by atoms with Gasteiger partial charge in [-0.25, -0.2) is 0 Å². The highest BCUT2D eigenvalue weighted by Gasteiger charge is 2.51. The summed E-state index contributed by atoms with van der Waals surface area (Å²) in [7, 11) is -3.66. The summed E-state index contributed by atoms with van der Waals surface area (Å²) >= 11 is 0. The van der Waals surface area contributed by atoms with Gasteiger partial charge in [-0.1, -0.05) is 17.7 Å². The number of hydrogen-bond acceptors (Lipinski definition) is 3. The number of benzene rings is 1. The van der Waals surface area contributed by atoms with Gasteiger partial charge < -0.3 is 0 Å². The molecule has 5 rings (SSSR count). The van der Waals surface area contributed by atoms with E-state index in [9.17, 15) is 8.42 Å². The molecule has 4 aliphatic carbocycles. The third kappa shape index (κ3) is 3.15. The summed E-state index contributed by atoms with van der Waals surface area (Å²) in [6.07, 6.45) is 8.75. The molecule has 0 aromatic heterocycles. The van der Waals surface area contributed by atoms with E-state index < -0.39 is 10.1 Å². The van der Waals surface area contributed by atoms with E-state index in [2.05, 4.69) is 0 Å². The fourth-order valence-corrected chi connectivity index (χ4v) is 7.24. The monoisotopic (exact) mass is 348 g/mol. The molecule has 0 saturated heterocycles. The highest BCUT2D eigenvalue weighted by molar-refractivity contribution is 7.86. The van der Waals surface area contributed by atoms with Gasteiger partial charge in [-0.15, -0.1) is 0 Å². The minimum absolute atomic E-state index is 0.243. The van der Waals surface area contributed by atoms with Gasteiger partial charge in [-0.3, -0.25) is 4.18 Å². The van der Waals surface area contributed by atoms with Gasteiger partial charge in [0.15, 0.2) is 0 Å². The molecule has 0 radical (unpaired) electrons. The second-order valence-corrected chi connectivity index (χ2v) is 10.4. The van der Waals surface area contributed by atoms with Crippen molar-refractivity contribution in [3.63, 3.8) is 0 Å². The van der Waals surface area contributed by atoms with Crippen LogP contribution in [0.1, 0.15) is 57.4 Å². The standard InChI is InChI=1S/C20H28O3S/c1-14-3-5-19(6-4-14)24(21,22)23-15(2)10-20-11-16-7-17(12-20)9-18(8-16)13-20/h3-6,15-18H,7-13H2,1-2H3. The molecule has 4 heteroatoms. The van der Waals surface area contributed by atoms with Crippen LogP contribution in [0.15, 0.2) is 29.2 Å². The maximum atomic E-state index is 12.5. The van der Waals surface area contributed by atoms with Crippen molar-refractivity contribution in [1.82, 2.24) is 0 Å². The van der Waals surface area contributed by atoms with Gasteiger partial charge in [-0.2, -0.15) is 8.42 Å². The van der Waals surface area contributed by atoms with Gasteiger partial charge in [0.1, 0.15) is 0 Å². The Labute approximate surface area is 145 Å². The van der Waals surface area contributed by atoms with E-state index in [0.717, 1.165) is 29.7 Å². The van der Waals surface area contributed by atoms with Crippen LogP contribution in [0.2, 0.25) is 0 Å². The predicted octanol–water partition coefficient (Wildman–Crippen LogP) is 4.70. The molecule has 0 heterocycles. The first kappa shape index (κ1) is 16.6. The van der Waals surface area contributed by atoms with Crippen LogP contribution >= 0.6 is 0 Å². The van der Waals surface area contributed by atoms with Crippen molar-refractivity contribution >= 4 is 10.1 Å². The molecule has 4 aliphatic rings. The largest absolute Gasteiger partial charge is 0.297 e. The first-order valence-corrected chi connectivity index (χ1v) is 10.7. The molecule has 0 spiro atoms. The second kappa shape index (κ2) is 5.84. The van der Waals surface area contributed by atoms with Gasteiger partial charge in [0, 0.05) is 0 Å². The van der Waals surface area contributed by atoms with Crippen LogP contribution in [0.4, 0.5) is 0 Å². The Hall–Kier alpha value is -0.870. The summed E-state index contributed by atoms with van der Waals surface area (Å²) in [5.74, 6) is 2.66. The molecule has 1 unspecified atom stereocenters. The molecule has 4 bridgehead atoms. The molecule has 4 fully saturated rings. The number of aryl methyl sites for hydroxylation is 1. The fourth-order valence-electron chi connectivity index (χ4n) is 6.16. The van der Waals surface area contributed by atoms with E-state index >= 15 is 0 Å². The van der Waals surface area contributed by atoms with Crippen molar-refractivity contribution in [3.8, 4) is 0 Å². The van der Waals surface area contributed by atoms with Crippen LogP contribution < -0.4 is 0 Å². The first-order valence-electron chi connectivity index (χ1n) is 9.34. The molecule has 0 aliphatic heterocycles. The average Bonchev–Trinajstić information content (AvgIpc) is 2.44. The normalized spacial score (nSPS) is 36.0. The van der Waals surface area contributed by atoms with Crippen molar-refractivity contribution in [2.75, 3.05) is 0 Å². The molecular weight excluding hydrogens is 320 g/mol. The van der Waals surface area contributed by atoms with Crippen LogP contribution in [0.25, 0.3) is 0 Å². The Morgan fingerprint density at radius 2 is 1.54 bits per heavy atom. The molecule has 4 saturated carbocycles. The van der Waals surface area contributed by atoms with Gasteiger partial charge in [0.25, 0.3) is 10.1 Å². The van der Waals surface area contributed by atoms with Gasteiger partial charge in [0.05, 0.1) is 11.0 Å². The molecule has 1 aromatic carbocycles. The zero-order valence-corrected chi connectivity index (χ0v) is 15.5. The highest BCUT2D eigenvalue weighted by Crippen LogP contribution is 2.61. The summed E-state index contributed by atoms with van der Waals surface area (Å²) in [5.41, 5.74) is 1.40. The summed E-state index contributed by atoms with van der Waals surface area (Å²) in [6, 6.07) is 6.92. The quantitative estimate of drug-likeness (QED) is 0.725. The van der Waals surface area contributed by atoms with E-state index in [1.54, 1.807) is 12.1 Å². The third-order valence-electron chi connectivity index (χ3n) is 6.49. The summed E-state index contributed by atoms with van der Waals surface area (Å²) in [4.78, 5) is 0.269. The van der Waals surface area contributed by atoms with E-state index in [1.807, 2.05) is 26.0 Å². The van der Waals surface area contributed by atoms with Crippen LogP contribution in [0, 0.1) is 30.1 Å². The van der Waals surface area contributed by atoms with Crippen molar-refractivity contribution in [1.29, 1.82) is 0 Å². The highest BCUT2D eigenvalue weighted by atomic mass is 32.2. The number of hydrogen-bond donors (Lipinski definition) is 0. The minimum Gasteiger partial charge on any atom is -0.263 e. The SMILES string of the molecule is Cc1ccc(S(=O)(=O)OC(C)CC23CC4CC(CC(C4)C2)C3)cc1. The van der Waals surface area contributed by atoms with Crippen molar-refractivity contribution in [3.05, 3.63) is 29.8 Å².